The Labute approximate surface area is 301 Å². The van der Waals surface area contributed by atoms with Crippen LogP contribution in [0.25, 0.3) is 33.5 Å². The summed E-state index contributed by atoms with van der Waals surface area (Å²) in [7, 11) is 3.71. The lowest BCUT2D eigenvalue weighted by molar-refractivity contribution is -0.157. The van der Waals surface area contributed by atoms with E-state index < -0.39 is 0 Å². The Morgan fingerprint density at radius 2 is 1.90 bits per heavy atom. The van der Waals surface area contributed by atoms with Crippen LogP contribution in [-0.2, 0) is 9.53 Å². The number of esters is 1. The zero-order valence-corrected chi connectivity index (χ0v) is 29.6. The minimum atomic E-state index is -0.291. The largest absolute Gasteiger partial charge is 0.494 e. The van der Waals surface area contributed by atoms with Crippen LogP contribution in [0.2, 0.25) is 0 Å². The maximum absolute atomic E-state index is 13.8. The number of hydrogen-bond donors (Lipinski definition) is 2. The minimum absolute atomic E-state index is 0.0335. The van der Waals surface area contributed by atoms with Crippen LogP contribution in [0, 0.1) is 5.92 Å². The van der Waals surface area contributed by atoms with E-state index in [1.54, 1.807) is 34.9 Å². The SMILES string of the molecule is COc1cc2c(cc1-n1nc(C(=O)NCCCN3CCC(C(=O)OC4CCN(C)CC4)CC3)c3cnc(-c4cnn5cccnc45)cc31)OCCN2. The number of rotatable bonds is 10. The van der Waals surface area contributed by atoms with Crippen LogP contribution in [0.1, 0.15) is 42.6 Å². The van der Waals surface area contributed by atoms with Gasteiger partial charge in [0.2, 0.25) is 0 Å². The third kappa shape index (κ3) is 6.85. The second-order valence-corrected chi connectivity index (χ2v) is 13.8. The standard InChI is InChI=1S/C37H44N10O5/c1-44-14-7-25(8-15-44)52-37(49)24-5-16-45(17-6-24)12-3-10-40-36(48)34-27-22-41-28(26-23-42-46-13-4-9-39-35(26)46)19-30(27)47(43-34)31-21-32-29(20-33(31)50-2)38-11-18-51-32/h4,9,13,19-25,38H,3,5-8,10-12,14-18H2,1-2H3,(H,40,48). The maximum atomic E-state index is 13.8. The highest BCUT2D eigenvalue weighted by molar-refractivity contribution is 6.05. The molecule has 8 rings (SSSR count). The molecule has 0 radical (unpaired) electrons. The molecule has 1 amide bonds. The first-order chi connectivity index (χ1) is 25.4. The molecule has 52 heavy (non-hydrogen) atoms. The summed E-state index contributed by atoms with van der Waals surface area (Å²) in [6, 6.07) is 7.48. The molecule has 15 heteroatoms. The molecule has 2 saturated heterocycles. The van der Waals surface area contributed by atoms with E-state index in [1.807, 2.05) is 30.5 Å². The molecule has 0 bridgehead atoms. The molecule has 272 valence electrons. The fourth-order valence-electron chi connectivity index (χ4n) is 7.34. The van der Waals surface area contributed by atoms with Gasteiger partial charge < -0.3 is 34.6 Å². The summed E-state index contributed by atoms with van der Waals surface area (Å²) in [5.74, 6) is 0.885. The number of anilines is 1. The number of ether oxygens (including phenoxy) is 3. The van der Waals surface area contributed by atoms with Gasteiger partial charge in [-0.2, -0.15) is 10.2 Å². The summed E-state index contributed by atoms with van der Waals surface area (Å²) in [6.07, 6.45) is 11.2. The highest BCUT2D eigenvalue weighted by Gasteiger charge is 2.29. The monoisotopic (exact) mass is 708 g/mol. The topological polar surface area (TPSA) is 153 Å². The molecule has 15 nitrogen and oxygen atoms in total. The first kappa shape index (κ1) is 33.8. The summed E-state index contributed by atoms with van der Waals surface area (Å²) >= 11 is 0. The van der Waals surface area contributed by atoms with Gasteiger partial charge in [-0.15, -0.1) is 0 Å². The molecule has 2 N–H and O–H groups in total. The van der Waals surface area contributed by atoms with Crippen molar-refractivity contribution in [3.8, 4) is 28.4 Å². The zero-order chi connectivity index (χ0) is 35.6. The lowest BCUT2D eigenvalue weighted by atomic mass is 9.96. The van der Waals surface area contributed by atoms with Gasteiger partial charge in [-0.3, -0.25) is 14.6 Å². The number of pyridine rings is 1. The number of nitrogens with zero attached hydrogens (tertiary/aromatic N) is 8. The van der Waals surface area contributed by atoms with Gasteiger partial charge >= 0.3 is 5.97 Å². The molecule has 1 aromatic carbocycles. The van der Waals surface area contributed by atoms with Gasteiger partial charge in [0.05, 0.1) is 47.1 Å². The number of fused-ring (bicyclic) bond motifs is 3. The average molecular weight is 709 g/mol. The summed E-state index contributed by atoms with van der Waals surface area (Å²) in [5.41, 5.74) is 4.45. The van der Waals surface area contributed by atoms with Crippen LogP contribution >= 0.6 is 0 Å². The molecule has 3 aliphatic heterocycles. The number of piperidine rings is 2. The molecular weight excluding hydrogens is 664 g/mol. The highest BCUT2D eigenvalue weighted by Crippen LogP contribution is 2.38. The molecule has 3 aliphatic rings. The predicted molar refractivity (Wildman–Crippen MR) is 194 cm³/mol. The Bertz CT molecular complexity index is 2080. The van der Waals surface area contributed by atoms with Crippen molar-refractivity contribution in [3.05, 3.63) is 54.7 Å². The minimum Gasteiger partial charge on any atom is -0.494 e. The van der Waals surface area contributed by atoms with Crippen molar-refractivity contribution >= 4 is 34.1 Å². The van der Waals surface area contributed by atoms with Crippen LogP contribution in [0.15, 0.2) is 49.1 Å². The molecule has 0 atom stereocenters. The number of nitrogens with one attached hydrogen (secondary N) is 2. The van der Waals surface area contributed by atoms with Crippen LogP contribution in [0.4, 0.5) is 5.69 Å². The number of aromatic nitrogens is 6. The van der Waals surface area contributed by atoms with Gasteiger partial charge in [0, 0.05) is 56.9 Å². The van der Waals surface area contributed by atoms with E-state index in [0.29, 0.717) is 59.1 Å². The Balaban J connectivity index is 0.965. The van der Waals surface area contributed by atoms with Crippen molar-refractivity contribution in [2.24, 2.45) is 5.92 Å². The number of carbonyl (C=O) groups excluding carboxylic acids is 2. The normalized spacial score (nSPS) is 17.4. The lowest BCUT2D eigenvalue weighted by Gasteiger charge is -2.33. The molecule has 0 saturated carbocycles. The van der Waals surface area contributed by atoms with Crippen molar-refractivity contribution in [1.29, 1.82) is 0 Å². The van der Waals surface area contributed by atoms with Crippen LogP contribution < -0.4 is 20.1 Å². The van der Waals surface area contributed by atoms with Crippen molar-refractivity contribution < 1.29 is 23.8 Å². The van der Waals surface area contributed by atoms with Gasteiger partial charge in [0.15, 0.2) is 11.3 Å². The van der Waals surface area contributed by atoms with Crippen molar-refractivity contribution in [2.45, 2.75) is 38.2 Å². The van der Waals surface area contributed by atoms with E-state index >= 15 is 0 Å². The number of likely N-dealkylation sites (tertiary alicyclic amines) is 2. The Kier molecular flexibility index (Phi) is 9.60. The first-order valence-corrected chi connectivity index (χ1v) is 18.1. The number of amides is 1. The number of methoxy groups -OCH3 is 1. The summed E-state index contributed by atoms with van der Waals surface area (Å²) in [4.78, 5) is 40.4. The van der Waals surface area contributed by atoms with Crippen LogP contribution in [0.5, 0.6) is 11.5 Å². The van der Waals surface area contributed by atoms with Gasteiger partial charge in [-0.1, -0.05) is 0 Å². The summed E-state index contributed by atoms with van der Waals surface area (Å²) in [5, 5.41) is 16.3. The lowest BCUT2D eigenvalue weighted by Crippen LogP contribution is -2.40. The van der Waals surface area contributed by atoms with Crippen molar-refractivity contribution in [3.63, 3.8) is 0 Å². The quantitative estimate of drug-likeness (QED) is 0.162. The molecule has 2 fully saturated rings. The molecule has 0 spiro atoms. The fourth-order valence-corrected chi connectivity index (χ4v) is 7.34. The molecule has 0 aliphatic carbocycles. The first-order valence-electron chi connectivity index (χ1n) is 18.1. The van der Waals surface area contributed by atoms with Crippen LogP contribution in [-0.4, -0.2) is 124 Å². The second-order valence-electron chi connectivity index (χ2n) is 13.8. The van der Waals surface area contributed by atoms with E-state index in [0.717, 1.165) is 76.1 Å². The van der Waals surface area contributed by atoms with E-state index in [4.69, 9.17) is 24.3 Å². The summed E-state index contributed by atoms with van der Waals surface area (Å²) in [6.45, 7) is 6.16. The van der Waals surface area contributed by atoms with Gasteiger partial charge in [-0.25, -0.2) is 14.2 Å². The maximum Gasteiger partial charge on any atom is 0.309 e. The third-order valence-corrected chi connectivity index (χ3v) is 10.3. The van der Waals surface area contributed by atoms with E-state index in [2.05, 4.69) is 37.6 Å². The van der Waals surface area contributed by atoms with Crippen molar-refractivity contribution in [2.75, 3.05) is 71.9 Å². The van der Waals surface area contributed by atoms with E-state index in [9.17, 15) is 9.59 Å². The molecular formula is C37H44N10O5. The third-order valence-electron chi connectivity index (χ3n) is 10.3. The van der Waals surface area contributed by atoms with Gasteiger partial charge in [0.1, 0.15) is 29.9 Å². The van der Waals surface area contributed by atoms with Crippen LogP contribution in [0.3, 0.4) is 0 Å². The zero-order valence-electron chi connectivity index (χ0n) is 29.6. The van der Waals surface area contributed by atoms with Gasteiger partial charge in [-0.05, 0) is 70.9 Å². The molecule has 5 aromatic rings. The molecule has 0 unspecified atom stereocenters. The molecule has 7 heterocycles. The Morgan fingerprint density at radius 3 is 2.73 bits per heavy atom. The number of hydrogen-bond acceptors (Lipinski definition) is 12. The Morgan fingerprint density at radius 1 is 1.06 bits per heavy atom. The summed E-state index contributed by atoms with van der Waals surface area (Å²) < 4.78 is 21.0. The van der Waals surface area contributed by atoms with E-state index in [1.165, 1.54) is 0 Å². The fraction of sp³-hybridized carbons (Fsp3) is 0.459. The van der Waals surface area contributed by atoms with Gasteiger partial charge in [0.25, 0.3) is 5.91 Å². The average Bonchev–Trinajstić information content (AvgIpc) is 3.79. The number of benzene rings is 1. The van der Waals surface area contributed by atoms with Crippen molar-refractivity contribution in [1.82, 2.24) is 44.5 Å². The highest BCUT2D eigenvalue weighted by atomic mass is 16.5. The van der Waals surface area contributed by atoms with E-state index in [-0.39, 0.29) is 29.6 Å². The second kappa shape index (κ2) is 14.8. The number of carbonyl (C=O) groups is 2. The predicted octanol–water partition coefficient (Wildman–Crippen LogP) is 3.41. The smallest absolute Gasteiger partial charge is 0.309 e. The molecule has 4 aromatic heterocycles. The Hall–Kier alpha value is -5.28.